The highest BCUT2D eigenvalue weighted by atomic mass is 79.9. The van der Waals surface area contributed by atoms with Gasteiger partial charge in [-0.2, -0.15) is 0 Å². The molecule has 1 unspecified atom stereocenters. The summed E-state index contributed by atoms with van der Waals surface area (Å²) < 4.78 is 5.35. The molecule has 14 heavy (non-hydrogen) atoms. The summed E-state index contributed by atoms with van der Waals surface area (Å²) in [5.41, 5.74) is -0.378. The van der Waals surface area contributed by atoms with Gasteiger partial charge in [-0.05, 0) is 33.1 Å². The first-order valence-electron chi connectivity index (χ1n) is 5.06. The van der Waals surface area contributed by atoms with Gasteiger partial charge in [-0.3, -0.25) is 4.79 Å². The van der Waals surface area contributed by atoms with Gasteiger partial charge in [0.05, 0.1) is 5.92 Å². The Labute approximate surface area is 95.5 Å². The van der Waals surface area contributed by atoms with Crippen LogP contribution in [0, 0.1) is 11.8 Å². The lowest BCUT2D eigenvalue weighted by molar-refractivity contribution is -0.161. The second kappa shape index (κ2) is 5.74. The van der Waals surface area contributed by atoms with E-state index in [1.807, 2.05) is 20.8 Å². The molecule has 0 rings (SSSR count). The number of hydrogen-bond donors (Lipinski definition) is 0. The molecule has 0 heterocycles. The molecule has 3 heteroatoms. The van der Waals surface area contributed by atoms with Crippen molar-refractivity contribution in [2.45, 2.75) is 46.6 Å². The highest BCUT2D eigenvalue weighted by Crippen LogP contribution is 2.21. The number of esters is 1. The van der Waals surface area contributed by atoms with Crippen LogP contribution in [0.25, 0.3) is 0 Å². The fraction of sp³-hybridized carbons (Fsp3) is 0.909. The zero-order chi connectivity index (χ0) is 11.4. The summed E-state index contributed by atoms with van der Waals surface area (Å²) in [6, 6.07) is 0. The van der Waals surface area contributed by atoms with Crippen LogP contribution >= 0.6 is 15.9 Å². The molecular formula is C11H21BrO2. The topological polar surface area (TPSA) is 26.3 Å². The molecular weight excluding hydrogens is 244 g/mol. The summed E-state index contributed by atoms with van der Waals surface area (Å²) >= 11 is 3.36. The van der Waals surface area contributed by atoms with Gasteiger partial charge in [0.25, 0.3) is 0 Å². The Morgan fingerprint density at radius 3 is 2.14 bits per heavy atom. The summed E-state index contributed by atoms with van der Waals surface area (Å²) in [4.78, 5) is 11.7. The van der Waals surface area contributed by atoms with Crippen LogP contribution in [-0.4, -0.2) is 16.9 Å². The molecule has 0 aliphatic carbocycles. The van der Waals surface area contributed by atoms with E-state index < -0.39 is 0 Å². The first-order chi connectivity index (χ1) is 6.28. The Kier molecular flexibility index (Phi) is 5.72. The number of carbonyl (C=O) groups excluding carboxylic acids is 1. The molecule has 0 amide bonds. The molecule has 0 bridgehead atoms. The van der Waals surface area contributed by atoms with Crippen LogP contribution in [0.3, 0.4) is 0 Å². The number of alkyl halides is 1. The maximum atomic E-state index is 11.7. The van der Waals surface area contributed by atoms with Crippen LogP contribution in [-0.2, 0) is 9.53 Å². The van der Waals surface area contributed by atoms with Crippen LogP contribution in [0.2, 0.25) is 0 Å². The minimum Gasteiger partial charge on any atom is -0.460 e. The molecule has 0 radical (unpaired) electrons. The molecule has 2 nitrogen and oxygen atoms in total. The molecule has 0 saturated carbocycles. The van der Waals surface area contributed by atoms with Gasteiger partial charge in [0.2, 0.25) is 0 Å². The zero-order valence-electron chi connectivity index (χ0n) is 9.76. The van der Waals surface area contributed by atoms with E-state index in [0.29, 0.717) is 5.92 Å². The second-order valence-corrected chi connectivity index (χ2v) is 5.65. The Morgan fingerprint density at radius 2 is 1.86 bits per heavy atom. The lowest BCUT2D eigenvalue weighted by atomic mass is 9.93. The monoisotopic (exact) mass is 264 g/mol. The first kappa shape index (κ1) is 13.9. The fourth-order valence-corrected chi connectivity index (χ4v) is 1.71. The maximum Gasteiger partial charge on any atom is 0.309 e. The summed E-state index contributed by atoms with van der Waals surface area (Å²) in [6.45, 7) is 9.80. The van der Waals surface area contributed by atoms with Crippen LogP contribution in [0.5, 0.6) is 0 Å². The van der Waals surface area contributed by atoms with Crippen LogP contribution in [0.15, 0.2) is 0 Å². The SMILES string of the molecule is CC(C)C(CCBr)C(=O)OC(C)(C)C. The van der Waals surface area contributed by atoms with Gasteiger partial charge in [-0.15, -0.1) is 0 Å². The van der Waals surface area contributed by atoms with Gasteiger partial charge >= 0.3 is 5.97 Å². The molecule has 0 aliphatic rings. The van der Waals surface area contributed by atoms with Gasteiger partial charge < -0.3 is 4.74 Å². The summed E-state index contributed by atoms with van der Waals surface area (Å²) in [5.74, 6) is 0.267. The lowest BCUT2D eigenvalue weighted by Gasteiger charge is -2.25. The highest BCUT2D eigenvalue weighted by Gasteiger charge is 2.26. The summed E-state index contributed by atoms with van der Waals surface area (Å²) in [5, 5.41) is 0.842. The first-order valence-corrected chi connectivity index (χ1v) is 6.19. The van der Waals surface area contributed by atoms with Gasteiger partial charge in [0.15, 0.2) is 0 Å². The van der Waals surface area contributed by atoms with Crippen molar-refractivity contribution in [3.63, 3.8) is 0 Å². The van der Waals surface area contributed by atoms with E-state index in [4.69, 9.17) is 4.74 Å². The quantitative estimate of drug-likeness (QED) is 0.575. The van der Waals surface area contributed by atoms with E-state index >= 15 is 0 Å². The summed E-state index contributed by atoms with van der Waals surface area (Å²) in [7, 11) is 0. The van der Waals surface area contributed by atoms with E-state index in [-0.39, 0.29) is 17.5 Å². The van der Waals surface area contributed by atoms with Crippen molar-refractivity contribution < 1.29 is 9.53 Å². The average molecular weight is 265 g/mol. The van der Waals surface area contributed by atoms with Crippen molar-refractivity contribution in [3.8, 4) is 0 Å². The normalized spacial score (nSPS) is 14.2. The van der Waals surface area contributed by atoms with E-state index in [1.54, 1.807) is 0 Å². The number of halogens is 1. The molecule has 84 valence electrons. The third-order valence-electron chi connectivity index (χ3n) is 1.93. The fourth-order valence-electron chi connectivity index (χ4n) is 1.22. The summed E-state index contributed by atoms with van der Waals surface area (Å²) in [6.07, 6.45) is 0.840. The molecule has 0 saturated heterocycles. The van der Waals surface area contributed by atoms with Gasteiger partial charge in [0.1, 0.15) is 5.60 Å². The number of carbonyl (C=O) groups is 1. The molecule has 0 fully saturated rings. The lowest BCUT2D eigenvalue weighted by Crippen LogP contribution is -2.31. The Bertz CT molecular complexity index is 182. The largest absolute Gasteiger partial charge is 0.460 e. The third kappa shape index (κ3) is 5.63. The molecule has 1 atom stereocenters. The molecule has 0 aliphatic heterocycles. The number of hydrogen-bond acceptors (Lipinski definition) is 2. The second-order valence-electron chi connectivity index (χ2n) is 4.86. The smallest absolute Gasteiger partial charge is 0.309 e. The van der Waals surface area contributed by atoms with Crippen molar-refractivity contribution in [3.05, 3.63) is 0 Å². The minimum atomic E-state index is -0.378. The van der Waals surface area contributed by atoms with Crippen molar-refractivity contribution in [2.75, 3.05) is 5.33 Å². The molecule has 0 N–H and O–H groups in total. The average Bonchev–Trinajstić information content (AvgIpc) is 1.95. The molecule has 0 spiro atoms. The van der Waals surface area contributed by atoms with Crippen LogP contribution in [0.4, 0.5) is 0 Å². The van der Waals surface area contributed by atoms with Crippen molar-refractivity contribution in [1.29, 1.82) is 0 Å². The van der Waals surface area contributed by atoms with Crippen LogP contribution in [0.1, 0.15) is 41.0 Å². The van der Waals surface area contributed by atoms with E-state index in [1.165, 1.54) is 0 Å². The predicted molar refractivity (Wildman–Crippen MR) is 62.6 cm³/mol. The Balaban J connectivity index is 4.30. The maximum absolute atomic E-state index is 11.7. The van der Waals surface area contributed by atoms with Gasteiger partial charge in [0, 0.05) is 5.33 Å². The van der Waals surface area contributed by atoms with Crippen molar-refractivity contribution >= 4 is 21.9 Å². The van der Waals surface area contributed by atoms with Crippen molar-refractivity contribution in [1.82, 2.24) is 0 Å². The van der Waals surface area contributed by atoms with Gasteiger partial charge in [-0.1, -0.05) is 29.8 Å². The van der Waals surface area contributed by atoms with E-state index in [9.17, 15) is 4.79 Å². The number of rotatable bonds is 4. The Hall–Kier alpha value is -0.0500. The van der Waals surface area contributed by atoms with Gasteiger partial charge in [-0.25, -0.2) is 0 Å². The molecule has 0 aromatic carbocycles. The van der Waals surface area contributed by atoms with Crippen LogP contribution < -0.4 is 0 Å². The standard InChI is InChI=1S/C11H21BrO2/c1-8(2)9(6-7-12)10(13)14-11(3,4)5/h8-9H,6-7H2,1-5H3. The minimum absolute atomic E-state index is 0.00796. The van der Waals surface area contributed by atoms with Crippen molar-refractivity contribution in [2.24, 2.45) is 11.8 Å². The number of ether oxygens (including phenoxy) is 1. The zero-order valence-corrected chi connectivity index (χ0v) is 11.3. The molecule has 0 aromatic rings. The predicted octanol–water partition coefficient (Wildman–Crippen LogP) is 3.39. The molecule has 0 aromatic heterocycles. The highest BCUT2D eigenvalue weighted by molar-refractivity contribution is 9.09. The van der Waals surface area contributed by atoms with E-state index in [2.05, 4.69) is 29.8 Å². The Morgan fingerprint density at radius 1 is 1.36 bits per heavy atom. The van der Waals surface area contributed by atoms with E-state index in [0.717, 1.165) is 11.8 Å². The third-order valence-corrected chi connectivity index (χ3v) is 2.39.